The SMILES string of the molecule is CCCCCCCCCCC[N+](C)(C)CCOc1ccccc1. The van der Waals surface area contributed by atoms with Crippen LogP contribution in [0.5, 0.6) is 5.75 Å². The summed E-state index contributed by atoms with van der Waals surface area (Å²) in [6.07, 6.45) is 12.6. The summed E-state index contributed by atoms with van der Waals surface area (Å²) in [7, 11) is 4.64. The van der Waals surface area contributed by atoms with Gasteiger partial charge in [-0.05, 0) is 25.0 Å². The summed E-state index contributed by atoms with van der Waals surface area (Å²) in [6.45, 7) is 5.42. The lowest BCUT2D eigenvalue weighted by atomic mass is 10.1. The number of nitrogens with zero attached hydrogens (tertiary/aromatic N) is 1. The van der Waals surface area contributed by atoms with E-state index in [0.717, 1.165) is 23.4 Å². The molecule has 132 valence electrons. The van der Waals surface area contributed by atoms with Gasteiger partial charge in [0.2, 0.25) is 0 Å². The van der Waals surface area contributed by atoms with E-state index in [2.05, 4.69) is 21.0 Å². The predicted octanol–water partition coefficient (Wildman–Crippen LogP) is 5.67. The first-order chi connectivity index (χ1) is 11.1. The van der Waals surface area contributed by atoms with E-state index < -0.39 is 0 Å². The number of unbranched alkanes of at least 4 members (excludes halogenated alkanes) is 8. The van der Waals surface area contributed by atoms with E-state index >= 15 is 0 Å². The highest BCUT2D eigenvalue weighted by atomic mass is 16.5. The number of likely N-dealkylation sites (N-methyl/N-ethyl adjacent to an activating group) is 1. The zero-order chi connectivity index (χ0) is 16.8. The quantitative estimate of drug-likeness (QED) is 0.317. The Labute approximate surface area is 144 Å². The van der Waals surface area contributed by atoms with Gasteiger partial charge in [-0.2, -0.15) is 0 Å². The van der Waals surface area contributed by atoms with Crippen LogP contribution in [0.4, 0.5) is 0 Å². The molecule has 0 amide bonds. The molecule has 0 unspecified atom stereocenters. The van der Waals surface area contributed by atoms with Gasteiger partial charge in [0.1, 0.15) is 18.9 Å². The van der Waals surface area contributed by atoms with E-state index in [-0.39, 0.29) is 0 Å². The highest BCUT2D eigenvalue weighted by Gasteiger charge is 2.14. The summed E-state index contributed by atoms with van der Waals surface area (Å²) in [5.74, 6) is 0.982. The number of quaternary nitrogens is 1. The minimum atomic E-state index is 0.800. The Morgan fingerprint density at radius 2 is 1.30 bits per heavy atom. The van der Waals surface area contributed by atoms with E-state index in [4.69, 9.17) is 4.74 Å². The number of hydrogen-bond acceptors (Lipinski definition) is 1. The zero-order valence-electron chi connectivity index (χ0n) is 15.7. The van der Waals surface area contributed by atoms with Crippen LogP contribution in [0.15, 0.2) is 30.3 Å². The Kier molecular flexibility index (Phi) is 10.8. The van der Waals surface area contributed by atoms with Gasteiger partial charge in [0.05, 0.1) is 20.6 Å². The molecular weight excluding hydrogens is 282 g/mol. The van der Waals surface area contributed by atoms with Crippen LogP contribution in [-0.2, 0) is 0 Å². The molecule has 1 aromatic rings. The second-order valence-corrected chi connectivity index (χ2v) is 7.37. The third-order valence-corrected chi connectivity index (χ3v) is 4.58. The highest BCUT2D eigenvalue weighted by molar-refractivity contribution is 5.20. The van der Waals surface area contributed by atoms with E-state index in [1.807, 2.05) is 30.3 Å². The van der Waals surface area contributed by atoms with Gasteiger partial charge >= 0.3 is 0 Å². The summed E-state index contributed by atoms with van der Waals surface area (Å²) in [5, 5.41) is 0. The molecule has 0 spiro atoms. The lowest BCUT2D eigenvalue weighted by molar-refractivity contribution is -0.890. The van der Waals surface area contributed by atoms with Crippen molar-refractivity contribution in [3.63, 3.8) is 0 Å². The van der Waals surface area contributed by atoms with Gasteiger partial charge in [-0.3, -0.25) is 0 Å². The second-order valence-electron chi connectivity index (χ2n) is 7.37. The van der Waals surface area contributed by atoms with Gasteiger partial charge in [-0.25, -0.2) is 0 Å². The fraction of sp³-hybridized carbons (Fsp3) is 0.714. The monoisotopic (exact) mass is 320 g/mol. The van der Waals surface area contributed by atoms with Crippen molar-refractivity contribution in [3.8, 4) is 5.75 Å². The molecule has 0 heterocycles. The van der Waals surface area contributed by atoms with Gasteiger partial charge in [-0.15, -0.1) is 0 Å². The van der Waals surface area contributed by atoms with Crippen LogP contribution in [0.3, 0.4) is 0 Å². The molecule has 2 nitrogen and oxygen atoms in total. The Balaban J connectivity index is 1.98. The minimum absolute atomic E-state index is 0.800. The summed E-state index contributed by atoms with van der Waals surface area (Å²) in [5.41, 5.74) is 0. The highest BCUT2D eigenvalue weighted by Crippen LogP contribution is 2.12. The minimum Gasteiger partial charge on any atom is -0.488 e. The normalized spacial score (nSPS) is 11.6. The molecule has 0 aliphatic heterocycles. The van der Waals surface area contributed by atoms with Crippen LogP contribution in [0.25, 0.3) is 0 Å². The third kappa shape index (κ3) is 11.2. The Morgan fingerprint density at radius 3 is 1.91 bits per heavy atom. The first kappa shape index (κ1) is 20.0. The van der Waals surface area contributed by atoms with E-state index in [0.29, 0.717) is 0 Å². The van der Waals surface area contributed by atoms with Crippen molar-refractivity contribution in [1.29, 1.82) is 0 Å². The Morgan fingerprint density at radius 1 is 0.739 bits per heavy atom. The van der Waals surface area contributed by atoms with Gasteiger partial charge < -0.3 is 9.22 Å². The Bertz CT molecular complexity index is 375. The van der Waals surface area contributed by atoms with Crippen LogP contribution >= 0.6 is 0 Å². The van der Waals surface area contributed by atoms with E-state index in [9.17, 15) is 0 Å². The summed E-state index contributed by atoms with van der Waals surface area (Å²) in [4.78, 5) is 0. The zero-order valence-corrected chi connectivity index (χ0v) is 15.7. The summed E-state index contributed by atoms with van der Waals surface area (Å²) >= 11 is 0. The first-order valence-corrected chi connectivity index (χ1v) is 9.64. The maximum atomic E-state index is 5.82. The molecule has 0 saturated heterocycles. The van der Waals surface area contributed by atoms with Crippen LogP contribution < -0.4 is 4.74 Å². The second kappa shape index (κ2) is 12.4. The van der Waals surface area contributed by atoms with Crippen molar-refractivity contribution >= 4 is 0 Å². The molecule has 0 radical (unpaired) electrons. The summed E-state index contributed by atoms with van der Waals surface area (Å²) in [6, 6.07) is 10.1. The molecule has 0 aliphatic carbocycles. The van der Waals surface area contributed by atoms with Crippen molar-refractivity contribution in [3.05, 3.63) is 30.3 Å². The molecule has 0 aliphatic rings. The molecule has 0 N–H and O–H groups in total. The van der Waals surface area contributed by atoms with Crippen LogP contribution in [0.1, 0.15) is 64.7 Å². The van der Waals surface area contributed by atoms with Crippen LogP contribution in [0.2, 0.25) is 0 Å². The average molecular weight is 321 g/mol. The molecule has 0 saturated carbocycles. The van der Waals surface area contributed by atoms with Crippen LogP contribution in [-0.4, -0.2) is 38.3 Å². The van der Waals surface area contributed by atoms with Crippen molar-refractivity contribution in [1.82, 2.24) is 0 Å². The fourth-order valence-corrected chi connectivity index (χ4v) is 2.89. The molecule has 0 fully saturated rings. The molecule has 0 aromatic heterocycles. The van der Waals surface area contributed by atoms with E-state index in [1.165, 1.54) is 64.3 Å². The molecule has 23 heavy (non-hydrogen) atoms. The fourth-order valence-electron chi connectivity index (χ4n) is 2.89. The van der Waals surface area contributed by atoms with Crippen molar-refractivity contribution in [2.45, 2.75) is 64.7 Å². The van der Waals surface area contributed by atoms with Gasteiger partial charge in [-0.1, -0.05) is 70.1 Å². The molecular formula is C21H38NO+. The van der Waals surface area contributed by atoms with Gasteiger partial charge in [0.15, 0.2) is 0 Å². The topological polar surface area (TPSA) is 9.23 Å². The van der Waals surface area contributed by atoms with Gasteiger partial charge in [0.25, 0.3) is 0 Å². The number of rotatable bonds is 14. The third-order valence-electron chi connectivity index (χ3n) is 4.58. The molecule has 2 heteroatoms. The molecule has 1 aromatic carbocycles. The standard InChI is InChI=1S/C21H38NO/c1-4-5-6-7-8-9-10-11-15-18-22(2,3)19-20-23-21-16-13-12-14-17-21/h12-14,16-17H,4-11,15,18-20H2,1-3H3/q+1. The van der Waals surface area contributed by atoms with Crippen LogP contribution in [0, 0.1) is 0 Å². The van der Waals surface area contributed by atoms with Crippen molar-refractivity contribution < 1.29 is 9.22 Å². The number of para-hydroxylation sites is 1. The Hall–Kier alpha value is -1.02. The predicted molar refractivity (Wildman–Crippen MR) is 101 cm³/mol. The molecule has 0 bridgehead atoms. The average Bonchev–Trinajstić information content (AvgIpc) is 2.54. The number of benzene rings is 1. The smallest absolute Gasteiger partial charge is 0.137 e. The van der Waals surface area contributed by atoms with Gasteiger partial charge in [0, 0.05) is 0 Å². The van der Waals surface area contributed by atoms with Crippen molar-refractivity contribution in [2.75, 3.05) is 33.8 Å². The molecule has 1 rings (SSSR count). The van der Waals surface area contributed by atoms with Crippen molar-refractivity contribution in [2.24, 2.45) is 0 Å². The maximum Gasteiger partial charge on any atom is 0.137 e. The number of ether oxygens (including phenoxy) is 1. The largest absolute Gasteiger partial charge is 0.488 e. The lowest BCUT2D eigenvalue weighted by Gasteiger charge is -2.29. The number of hydrogen-bond donors (Lipinski definition) is 0. The lowest BCUT2D eigenvalue weighted by Crippen LogP contribution is -2.43. The maximum absolute atomic E-state index is 5.82. The first-order valence-electron chi connectivity index (χ1n) is 9.64. The summed E-state index contributed by atoms with van der Waals surface area (Å²) < 4.78 is 6.88. The van der Waals surface area contributed by atoms with E-state index in [1.54, 1.807) is 0 Å². The molecule has 0 atom stereocenters.